The van der Waals surface area contributed by atoms with Crippen LogP contribution in [0, 0.1) is 10.1 Å². The minimum atomic E-state index is -0.551. The van der Waals surface area contributed by atoms with Crippen LogP contribution in [0.1, 0.15) is 11.6 Å². The largest absolute Gasteiger partial charge is 0.329 e. The Morgan fingerprint density at radius 2 is 2.12 bits per heavy atom. The third-order valence-corrected chi connectivity index (χ3v) is 2.28. The van der Waals surface area contributed by atoms with E-state index in [1.54, 1.807) is 0 Å². The number of hydrogen-bond donors (Lipinski definition) is 2. The molecule has 1 atom stereocenters. The van der Waals surface area contributed by atoms with Crippen molar-refractivity contribution in [3.05, 3.63) is 27.8 Å². The van der Waals surface area contributed by atoms with Crippen molar-refractivity contribution < 1.29 is 9.55 Å². The predicted molar refractivity (Wildman–Crippen MR) is 54.4 cm³/mol. The van der Waals surface area contributed by atoms with Crippen molar-refractivity contribution in [2.45, 2.75) is 6.04 Å². The number of aromatic nitrogens is 2. The summed E-state index contributed by atoms with van der Waals surface area (Å²) in [6.45, 7) is 0.208. The molecule has 1 aromatic carbocycles. The van der Waals surface area contributed by atoms with Crippen molar-refractivity contribution in [2.24, 2.45) is 11.5 Å². The van der Waals surface area contributed by atoms with Crippen LogP contribution in [0.5, 0.6) is 0 Å². The smallest absolute Gasteiger partial charge is 0.300 e. The van der Waals surface area contributed by atoms with Gasteiger partial charge in [-0.25, -0.2) is 4.63 Å². The van der Waals surface area contributed by atoms with E-state index in [0.717, 1.165) is 0 Å². The first-order valence-corrected chi connectivity index (χ1v) is 4.50. The predicted octanol–water partition coefficient (Wildman–Crippen LogP) is 0.0895. The average Bonchev–Trinajstić information content (AvgIpc) is 2.75. The lowest BCUT2D eigenvalue weighted by Crippen LogP contribution is -2.21. The van der Waals surface area contributed by atoms with E-state index in [-0.39, 0.29) is 23.3 Å². The normalized spacial score (nSPS) is 12.9. The van der Waals surface area contributed by atoms with Gasteiger partial charge >= 0.3 is 5.69 Å². The highest BCUT2D eigenvalue weighted by atomic mass is 16.6. The molecular formula is C8H9N5O3. The minimum absolute atomic E-state index is 0.0893. The van der Waals surface area contributed by atoms with Gasteiger partial charge in [0.15, 0.2) is 0 Å². The number of benzene rings is 1. The summed E-state index contributed by atoms with van der Waals surface area (Å²) in [4.78, 5) is 10.2. The fourth-order valence-corrected chi connectivity index (χ4v) is 1.45. The molecule has 0 spiro atoms. The van der Waals surface area contributed by atoms with Gasteiger partial charge in [-0.2, -0.15) is 0 Å². The molecule has 0 radical (unpaired) electrons. The Labute approximate surface area is 89.3 Å². The fraction of sp³-hybridized carbons (Fsp3) is 0.250. The molecule has 0 aliphatic carbocycles. The van der Waals surface area contributed by atoms with Crippen molar-refractivity contribution >= 4 is 16.7 Å². The van der Waals surface area contributed by atoms with Crippen molar-refractivity contribution in [3.63, 3.8) is 0 Å². The second-order valence-electron chi connectivity index (χ2n) is 3.23. The molecule has 0 aliphatic heterocycles. The molecule has 8 heteroatoms. The Morgan fingerprint density at radius 3 is 2.75 bits per heavy atom. The molecule has 2 aromatic rings. The molecule has 1 unspecified atom stereocenters. The van der Waals surface area contributed by atoms with Crippen LogP contribution in [0.3, 0.4) is 0 Å². The lowest BCUT2D eigenvalue weighted by atomic mass is 10.1. The Balaban J connectivity index is 2.68. The first kappa shape index (κ1) is 10.5. The summed E-state index contributed by atoms with van der Waals surface area (Å²) in [7, 11) is 0. The molecule has 16 heavy (non-hydrogen) atoms. The molecule has 0 aliphatic rings. The SMILES string of the molecule is NCC(N)c1ccc([N+](=O)[O-])c2nonc12. The van der Waals surface area contributed by atoms with Gasteiger partial charge in [0.25, 0.3) is 0 Å². The molecule has 1 heterocycles. The van der Waals surface area contributed by atoms with Crippen molar-refractivity contribution in [1.29, 1.82) is 0 Å². The van der Waals surface area contributed by atoms with Gasteiger partial charge in [0.2, 0.25) is 5.52 Å². The maximum absolute atomic E-state index is 10.7. The highest BCUT2D eigenvalue weighted by Crippen LogP contribution is 2.27. The second-order valence-corrected chi connectivity index (χ2v) is 3.23. The van der Waals surface area contributed by atoms with Crippen molar-refractivity contribution in [2.75, 3.05) is 6.54 Å². The lowest BCUT2D eigenvalue weighted by Gasteiger charge is -2.07. The summed E-state index contributed by atoms with van der Waals surface area (Å²) in [5, 5.41) is 17.8. The van der Waals surface area contributed by atoms with E-state index < -0.39 is 11.0 Å². The number of fused-ring (bicyclic) bond motifs is 1. The molecule has 0 fully saturated rings. The first-order chi connectivity index (χ1) is 7.65. The van der Waals surface area contributed by atoms with Crippen LogP contribution in [0.2, 0.25) is 0 Å². The first-order valence-electron chi connectivity index (χ1n) is 4.50. The zero-order valence-electron chi connectivity index (χ0n) is 8.16. The molecule has 0 saturated heterocycles. The van der Waals surface area contributed by atoms with E-state index >= 15 is 0 Å². The van der Waals surface area contributed by atoms with E-state index in [4.69, 9.17) is 11.5 Å². The Morgan fingerprint density at radius 1 is 1.44 bits per heavy atom. The molecule has 1 aromatic heterocycles. The van der Waals surface area contributed by atoms with Gasteiger partial charge in [0.1, 0.15) is 5.52 Å². The third kappa shape index (κ3) is 1.49. The van der Waals surface area contributed by atoms with Crippen LogP contribution >= 0.6 is 0 Å². The topological polar surface area (TPSA) is 134 Å². The number of hydrogen-bond acceptors (Lipinski definition) is 7. The average molecular weight is 223 g/mol. The number of nitro groups is 1. The van der Waals surface area contributed by atoms with Gasteiger partial charge in [-0.05, 0) is 16.4 Å². The van der Waals surface area contributed by atoms with Gasteiger partial charge in [-0.1, -0.05) is 0 Å². The Bertz CT molecular complexity index is 537. The Hall–Kier alpha value is -2.06. The van der Waals surface area contributed by atoms with Gasteiger partial charge in [0, 0.05) is 24.2 Å². The van der Waals surface area contributed by atoms with E-state index in [9.17, 15) is 10.1 Å². The van der Waals surface area contributed by atoms with Crippen molar-refractivity contribution in [1.82, 2.24) is 10.3 Å². The Kier molecular flexibility index (Phi) is 2.50. The number of nitrogens with zero attached hydrogens (tertiary/aromatic N) is 3. The lowest BCUT2D eigenvalue weighted by molar-refractivity contribution is -0.383. The molecule has 4 N–H and O–H groups in total. The van der Waals surface area contributed by atoms with Crippen LogP contribution in [0.25, 0.3) is 11.0 Å². The highest BCUT2D eigenvalue weighted by molar-refractivity contribution is 5.86. The number of nitro benzene ring substituents is 1. The van der Waals surface area contributed by atoms with Crippen LogP contribution in [-0.2, 0) is 0 Å². The maximum atomic E-state index is 10.7. The minimum Gasteiger partial charge on any atom is -0.329 e. The summed E-state index contributed by atoms with van der Waals surface area (Å²) in [5.41, 5.74) is 12.0. The quantitative estimate of drug-likeness (QED) is 0.556. The van der Waals surface area contributed by atoms with Gasteiger partial charge in [-0.15, -0.1) is 0 Å². The highest BCUT2D eigenvalue weighted by Gasteiger charge is 2.21. The number of nitrogens with two attached hydrogens (primary N) is 2. The van der Waals surface area contributed by atoms with Gasteiger partial charge in [-0.3, -0.25) is 10.1 Å². The molecular weight excluding hydrogens is 214 g/mol. The van der Waals surface area contributed by atoms with E-state index in [1.807, 2.05) is 0 Å². The summed E-state index contributed by atoms with van der Waals surface area (Å²) in [5.74, 6) is 0. The summed E-state index contributed by atoms with van der Waals surface area (Å²) in [6, 6.07) is 2.38. The van der Waals surface area contributed by atoms with Crippen LogP contribution in [0.4, 0.5) is 5.69 Å². The van der Waals surface area contributed by atoms with Crippen LogP contribution in [-0.4, -0.2) is 21.8 Å². The summed E-state index contributed by atoms with van der Waals surface area (Å²) >= 11 is 0. The molecule has 84 valence electrons. The summed E-state index contributed by atoms with van der Waals surface area (Å²) < 4.78 is 4.49. The monoisotopic (exact) mass is 223 g/mol. The summed E-state index contributed by atoms with van der Waals surface area (Å²) in [6.07, 6.45) is 0. The van der Waals surface area contributed by atoms with E-state index in [2.05, 4.69) is 14.9 Å². The van der Waals surface area contributed by atoms with Crippen LogP contribution < -0.4 is 11.5 Å². The standard InChI is InChI=1S/C8H9N5O3/c9-3-5(10)4-1-2-6(13(14)15)8-7(4)11-16-12-8/h1-2,5H,3,9-10H2. The number of non-ortho nitro benzene ring substituents is 1. The number of rotatable bonds is 3. The second kappa shape index (κ2) is 3.83. The van der Waals surface area contributed by atoms with E-state index in [0.29, 0.717) is 5.56 Å². The molecule has 0 amide bonds. The van der Waals surface area contributed by atoms with Crippen LogP contribution in [0.15, 0.2) is 16.8 Å². The molecule has 0 saturated carbocycles. The zero-order chi connectivity index (χ0) is 11.7. The van der Waals surface area contributed by atoms with E-state index in [1.165, 1.54) is 12.1 Å². The molecule has 8 nitrogen and oxygen atoms in total. The van der Waals surface area contributed by atoms with Gasteiger partial charge in [0.05, 0.1) is 4.92 Å². The molecule has 2 rings (SSSR count). The van der Waals surface area contributed by atoms with Crippen molar-refractivity contribution in [3.8, 4) is 0 Å². The molecule has 0 bridgehead atoms. The zero-order valence-corrected chi connectivity index (χ0v) is 8.16. The third-order valence-electron chi connectivity index (χ3n) is 2.28. The maximum Gasteiger partial charge on any atom is 0.300 e. The fourth-order valence-electron chi connectivity index (χ4n) is 1.45. The van der Waals surface area contributed by atoms with Gasteiger partial charge < -0.3 is 11.5 Å².